The second kappa shape index (κ2) is 7.79. The van der Waals surface area contributed by atoms with Crippen molar-refractivity contribution in [3.05, 3.63) is 0 Å². The zero-order chi connectivity index (χ0) is 7.82. The Morgan fingerprint density at radius 2 is 1.80 bits per heavy atom. The summed E-state index contributed by atoms with van der Waals surface area (Å²) in [5.41, 5.74) is 0. The van der Waals surface area contributed by atoms with Gasteiger partial charge in [-0.1, -0.05) is 0 Å². The molecule has 0 saturated heterocycles. The van der Waals surface area contributed by atoms with Crippen LogP contribution in [0.5, 0.6) is 0 Å². The number of nitrogens with zero attached hydrogens (tertiary/aromatic N) is 1. The summed E-state index contributed by atoms with van der Waals surface area (Å²) >= 11 is 0.356. The molecule has 0 radical (unpaired) electrons. The van der Waals surface area contributed by atoms with Gasteiger partial charge in [0.05, 0.1) is 0 Å². The van der Waals surface area contributed by atoms with Crippen LogP contribution in [0.1, 0.15) is 33.1 Å². The van der Waals surface area contributed by atoms with E-state index in [1.54, 1.807) is 0 Å². The summed E-state index contributed by atoms with van der Waals surface area (Å²) in [7, 11) is 0. The Balaban J connectivity index is 3.21. The van der Waals surface area contributed by atoms with Crippen molar-refractivity contribution >= 4 is 0 Å². The van der Waals surface area contributed by atoms with Crippen molar-refractivity contribution in [2.45, 2.75) is 33.1 Å². The van der Waals surface area contributed by atoms with Crippen LogP contribution < -0.4 is 21.5 Å². The fourth-order valence-corrected chi connectivity index (χ4v) is 2.64. The summed E-state index contributed by atoms with van der Waals surface area (Å²) in [6.07, 6.45) is 4.04. The third-order valence-electron chi connectivity index (χ3n) is 1.46. The molecule has 0 aromatic carbocycles. The van der Waals surface area contributed by atoms with Gasteiger partial charge in [-0.15, -0.1) is 0 Å². The molecule has 1 nitrogen and oxygen atoms in total. The van der Waals surface area contributed by atoms with Crippen LogP contribution in [0.4, 0.5) is 0 Å². The van der Waals surface area contributed by atoms with Gasteiger partial charge in [0.2, 0.25) is 0 Å². The molecule has 0 unspecified atom stereocenters. The number of hydrogen-bond donors (Lipinski definition) is 0. The fourth-order valence-electron chi connectivity index (χ4n) is 0.853. The van der Waals surface area contributed by atoms with Gasteiger partial charge in [-0.05, 0) is 0 Å². The van der Waals surface area contributed by atoms with Crippen LogP contribution in [0.2, 0.25) is 0 Å². The molecule has 0 spiro atoms. The van der Waals surface area contributed by atoms with E-state index in [1.165, 1.54) is 32.4 Å². The molecule has 0 aliphatic rings. The molecular weight excluding hydrogens is 237 g/mol. The maximum atomic E-state index is 2.63. The molecule has 10 heavy (non-hydrogen) atoms. The SMILES string of the molecule is CCCCN(CCC)[I-]C. The summed E-state index contributed by atoms with van der Waals surface area (Å²) < 4.78 is 2.63. The van der Waals surface area contributed by atoms with E-state index >= 15 is 0 Å². The molecule has 2 heteroatoms. The second-order valence-electron chi connectivity index (χ2n) is 2.43. The summed E-state index contributed by atoms with van der Waals surface area (Å²) in [5, 5.41) is 0. The van der Waals surface area contributed by atoms with Gasteiger partial charge in [-0.3, -0.25) is 0 Å². The molecule has 0 bridgehead atoms. The van der Waals surface area contributed by atoms with Gasteiger partial charge in [-0.2, -0.15) is 0 Å². The average Bonchev–Trinajstić information content (AvgIpc) is 1.98. The Hall–Kier alpha value is 0.690. The van der Waals surface area contributed by atoms with Gasteiger partial charge in [-0.25, -0.2) is 0 Å². The van der Waals surface area contributed by atoms with E-state index < -0.39 is 0 Å². The first kappa shape index (κ1) is 10.7. The molecule has 0 atom stereocenters. The molecule has 64 valence electrons. The van der Waals surface area contributed by atoms with Gasteiger partial charge in [0, 0.05) is 0 Å². The number of alkyl halides is 1. The Morgan fingerprint density at radius 1 is 1.10 bits per heavy atom. The first-order valence-corrected chi connectivity index (χ1v) is 7.22. The first-order valence-electron chi connectivity index (χ1n) is 4.09. The van der Waals surface area contributed by atoms with Crippen LogP contribution in [0.3, 0.4) is 0 Å². The van der Waals surface area contributed by atoms with Crippen molar-refractivity contribution in [1.82, 2.24) is 3.11 Å². The van der Waals surface area contributed by atoms with E-state index in [9.17, 15) is 0 Å². The fraction of sp³-hybridized carbons (Fsp3) is 1.00. The molecule has 0 heterocycles. The minimum atomic E-state index is 0.356. The van der Waals surface area contributed by atoms with Crippen molar-refractivity contribution < 1.29 is 21.5 Å². The van der Waals surface area contributed by atoms with E-state index in [-0.39, 0.29) is 0 Å². The number of halogens is 1. The van der Waals surface area contributed by atoms with Crippen LogP contribution >= 0.6 is 0 Å². The summed E-state index contributed by atoms with van der Waals surface area (Å²) in [5.74, 6) is 0. The van der Waals surface area contributed by atoms with Crippen molar-refractivity contribution in [3.63, 3.8) is 0 Å². The van der Waals surface area contributed by atoms with E-state index in [4.69, 9.17) is 0 Å². The van der Waals surface area contributed by atoms with Gasteiger partial charge in [0.25, 0.3) is 0 Å². The van der Waals surface area contributed by atoms with Gasteiger partial charge >= 0.3 is 75.7 Å². The summed E-state index contributed by atoms with van der Waals surface area (Å²) in [6.45, 7) is 7.19. The van der Waals surface area contributed by atoms with Crippen LogP contribution in [-0.4, -0.2) is 21.1 Å². The third-order valence-corrected chi connectivity index (χ3v) is 3.79. The molecule has 0 aromatic heterocycles. The van der Waals surface area contributed by atoms with E-state index in [0.717, 1.165) is 0 Å². The van der Waals surface area contributed by atoms with E-state index in [0.29, 0.717) is 21.5 Å². The van der Waals surface area contributed by atoms with Crippen LogP contribution in [0, 0.1) is 0 Å². The van der Waals surface area contributed by atoms with E-state index in [1.807, 2.05) is 0 Å². The van der Waals surface area contributed by atoms with Gasteiger partial charge in [0.1, 0.15) is 0 Å². The average molecular weight is 256 g/mol. The Kier molecular flexibility index (Phi) is 8.33. The van der Waals surface area contributed by atoms with Gasteiger partial charge in [0.15, 0.2) is 0 Å². The molecule has 0 amide bonds. The van der Waals surface area contributed by atoms with Gasteiger partial charge < -0.3 is 0 Å². The Bertz CT molecular complexity index is 66.3. The maximum absolute atomic E-state index is 2.63. The molecular formula is C8H19IN-. The molecule has 0 rings (SSSR count). The van der Waals surface area contributed by atoms with Crippen molar-refractivity contribution in [1.29, 1.82) is 0 Å². The van der Waals surface area contributed by atoms with Crippen LogP contribution in [0.25, 0.3) is 0 Å². The number of rotatable bonds is 6. The summed E-state index contributed by atoms with van der Waals surface area (Å²) in [6, 6.07) is 0. The molecule has 0 aliphatic carbocycles. The predicted octanol–water partition coefficient (Wildman–Crippen LogP) is -0.868. The van der Waals surface area contributed by atoms with Crippen molar-refractivity contribution in [2.75, 3.05) is 18.0 Å². The quantitative estimate of drug-likeness (QED) is 0.339. The zero-order valence-corrected chi connectivity index (χ0v) is 9.52. The topological polar surface area (TPSA) is 3.24 Å². The monoisotopic (exact) mass is 256 g/mol. The van der Waals surface area contributed by atoms with Crippen molar-refractivity contribution in [3.8, 4) is 0 Å². The normalized spacial score (nSPS) is 11.2. The minimum absolute atomic E-state index is 0.356. The predicted molar refractivity (Wildman–Crippen MR) is 42.7 cm³/mol. The zero-order valence-electron chi connectivity index (χ0n) is 7.36. The molecule has 0 aliphatic heterocycles. The number of hydrogen-bond acceptors (Lipinski definition) is 1. The van der Waals surface area contributed by atoms with Crippen LogP contribution in [-0.2, 0) is 0 Å². The molecule has 0 fully saturated rings. The van der Waals surface area contributed by atoms with Crippen molar-refractivity contribution in [2.24, 2.45) is 0 Å². The third kappa shape index (κ3) is 5.47. The Labute approximate surface area is 75.8 Å². The molecule has 0 N–H and O–H groups in total. The van der Waals surface area contributed by atoms with Crippen LogP contribution in [0.15, 0.2) is 0 Å². The van der Waals surface area contributed by atoms with E-state index in [2.05, 4.69) is 21.9 Å². The molecule has 0 aromatic rings. The molecule has 0 saturated carbocycles. The Morgan fingerprint density at radius 3 is 2.20 bits per heavy atom. The first-order chi connectivity index (χ1) is 4.85. The summed E-state index contributed by atoms with van der Waals surface area (Å²) in [4.78, 5) is 2.35. The standard InChI is InChI=1S/C8H19IN/c1-4-6-8-10(9-3)7-5-2/h4-8H2,1-3H3/q-1. The number of unbranched alkanes of at least 4 members (excludes halogenated alkanes) is 1. The second-order valence-corrected chi connectivity index (χ2v) is 4.76.